The van der Waals surface area contributed by atoms with Crippen molar-refractivity contribution in [3.05, 3.63) is 34.9 Å². The van der Waals surface area contributed by atoms with Gasteiger partial charge in [0.25, 0.3) is 5.91 Å². The van der Waals surface area contributed by atoms with Gasteiger partial charge in [0.1, 0.15) is 6.54 Å². The van der Waals surface area contributed by atoms with E-state index in [0.29, 0.717) is 17.5 Å². The molecule has 30 heavy (non-hydrogen) atoms. The van der Waals surface area contributed by atoms with E-state index in [2.05, 4.69) is 6.92 Å². The van der Waals surface area contributed by atoms with Crippen LogP contribution < -0.4 is 5.73 Å². The number of halogens is 1. The third kappa shape index (κ3) is 3.64. The summed E-state index contributed by atoms with van der Waals surface area (Å²) in [5, 5.41) is 0.618. The van der Waals surface area contributed by atoms with Crippen LogP contribution in [0.2, 0.25) is 5.02 Å². The summed E-state index contributed by atoms with van der Waals surface area (Å²) < 4.78 is 0. The van der Waals surface area contributed by atoms with E-state index >= 15 is 0 Å². The van der Waals surface area contributed by atoms with E-state index < -0.39 is 11.6 Å². The minimum atomic E-state index is -1.02. The predicted octanol–water partition coefficient (Wildman–Crippen LogP) is 2.61. The molecule has 0 atom stereocenters. The molecule has 8 heteroatoms. The monoisotopic (exact) mass is 432 g/mol. The van der Waals surface area contributed by atoms with Crippen molar-refractivity contribution in [1.29, 1.82) is 0 Å². The van der Waals surface area contributed by atoms with Crippen LogP contribution in [0.5, 0.6) is 0 Å². The number of hydrogen-bond acceptors (Lipinski definition) is 3. The summed E-state index contributed by atoms with van der Waals surface area (Å²) in [4.78, 5) is 43.4. The topological polar surface area (TPSA) is 86.9 Å². The summed E-state index contributed by atoms with van der Waals surface area (Å²) in [5.74, 6) is 0.584. The van der Waals surface area contributed by atoms with Gasteiger partial charge in [0.15, 0.2) is 5.54 Å². The van der Waals surface area contributed by atoms with Crippen molar-refractivity contribution >= 4 is 29.4 Å². The molecule has 0 unspecified atom stereocenters. The van der Waals surface area contributed by atoms with Crippen molar-refractivity contribution in [2.45, 2.75) is 57.2 Å². The van der Waals surface area contributed by atoms with Crippen LogP contribution in [0.4, 0.5) is 4.79 Å². The van der Waals surface area contributed by atoms with Crippen LogP contribution in [-0.4, -0.2) is 63.8 Å². The minimum absolute atomic E-state index is 0.0477. The normalized spacial score (nSPS) is 26.1. The first-order valence-corrected chi connectivity index (χ1v) is 11.1. The molecule has 3 aliphatic rings. The zero-order chi connectivity index (χ0) is 21.5. The van der Waals surface area contributed by atoms with Gasteiger partial charge in [-0.3, -0.25) is 9.59 Å². The number of primary amides is 1. The van der Waals surface area contributed by atoms with Gasteiger partial charge in [-0.05, 0) is 49.3 Å². The Bertz CT molecular complexity index is 829. The first kappa shape index (κ1) is 21.0. The first-order chi connectivity index (χ1) is 14.3. The molecule has 2 N–H and O–H groups in total. The fraction of sp³-hybridized carbons (Fsp3) is 0.591. The van der Waals surface area contributed by atoms with Crippen molar-refractivity contribution in [1.82, 2.24) is 14.7 Å². The number of carbonyl (C=O) groups excluding carboxylic acids is 3. The molecule has 2 saturated heterocycles. The van der Waals surface area contributed by atoms with Gasteiger partial charge in [0.05, 0.1) is 13.1 Å². The lowest BCUT2D eigenvalue weighted by Crippen LogP contribution is -2.82. The van der Waals surface area contributed by atoms with E-state index in [0.717, 1.165) is 37.7 Å². The number of amides is 4. The first-order valence-electron chi connectivity index (χ1n) is 10.7. The molecule has 0 aromatic heterocycles. The SMILES string of the molecule is CCC1CCC(N2CC(=O)N(Cc3ccc(Cl)cc3)C3(CN(C(N)=O)C3)C2=O)CC1. The third-order valence-corrected chi connectivity index (χ3v) is 7.34. The fourth-order valence-corrected chi connectivity index (χ4v) is 5.27. The van der Waals surface area contributed by atoms with E-state index in [1.807, 2.05) is 12.1 Å². The standard InChI is InChI=1S/C22H29ClN4O3/c1-2-15-5-9-18(10-6-15)26-12-19(28)27(11-16-3-7-17(23)8-4-16)22(20(26)29)13-25(14-22)21(24)30/h3-4,7-8,15,18H,2,5-6,9-14H2,1H3,(H2,24,30). The van der Waals surface area contributed by atoms with Crippen molar-refractivity contribution in [3.63, 3.8) is 0 Å². The molecule has 4 rings (SSSR count). The molecule has 1 aromatic rings. The lowest BCUT2D eigenvalue weighted by Gasteiger charge is -2.58. The Morgan fingerprint density at radius 1 is 1.13 bits per heavy atom. The molecule has 7 nitrogen and oxygen atoms in total. The molecule has 0 bridgehead atoms. The number of nitrogens with two attached hydrogens (primary N) is 1. The Labute approximate surface area is 182 Å². The molecule has 1 saturated carbocycles. The largest absolute Gasteiger partial charge is 0.351 e. The average Bonchev–Trinajstić information content (AvgIpc) is 2.70. The van der Waals surface area contributed by atoms with Crippen LogP contribution in [0.3, 0.4) is 0 Å². The number of nitrogens with zero attached hydrogens (tertiary/aromatic N) is 3. The molecular formula is C22H29ClN4O3. The maximum atomic E-state index is 13.7. The number of benzene rings is 1. The van der Waals surface area contributed by atoms with E-state index in [9.17, 15) is 14.4 Å². The Morgan fingerprint density at radius 2 is 1.77 bits per heavy atom. The number of urea groups is 1. The van der Waals surface area contributed by atoms with Crippen molar-refractivity contribution < 1.29 is 14.4 Å². The molecule has 1 spiro atoms. The second-order valence-electron chi connectivity index (χ2n) is 8.85. The minimum Gasteiger partial charge on any atom is -0.351 e. The molecule has 1 aromatic carbocycles. The Balaban J connectivity index is 1.57. The molecular weight excluding hydrogens is 404 g/mol. The highest BCUT2D eigenvalue weighted by atomic mass is 35.5. The average molecular weight is 433 g/mol. The summed E-state index contributed by atoms with van der Waals surface area (Å²) >= 11 is 5.98. The lowest BCUT2D eigenvalue weighted by molar-refractivity contribution is -0.179. The zero-order valence-electron chi connectivity index (χ0n) is 17.3. The highest BCUT2D eigenvalue weighted by molar-refractivity contribution is 6.30. The molecule has 3 fully saturated rings. The number of piperazine rings is 1. The molecule has 2 heterocycles. The van der Waals surface area contributed by atoms with Gasteiger partial charge in [-0.2, -0.15) is 0 Å². The number of likely N-dealkylation sites (tertiary alicyclic amines) is 1. The van der Waals surface area contributed by atoms with Crippen LogP contribution in [0.25, 0.3) is 0 Å². The molecule has 2 aliphatic heterocycles. The summed E-state index contributed by atoms with van der Waals surface area (Å²) in [7, 11) is 0. The van der Waals surface area contributed by atoms with Gasteiger partial charge in [-0.25, -0.2) is 4.79 Å². The van der Waals surface area contributed by atoms with Gasteiger partial charge in [-0.15, -0.1) is 0 Å². The van der Waals surface area contributed by atoms with Crippen molar-refractivity contribution in [2.75, 3.05) is 19.6 Å². The highest BCUT2D eigenvalue weighted by Gasteiger charge is 2.61. The quantitative estimate of drug-likeness (QED) is 0.793. The van der Waals surface area contributed by atoms with E-state index in [4.69, 9.17) is 17.3 Å². The Morgan fingerprint density at radius 3 is 2.33 bits per heavy atom. The van der Waals surface area contributed by atoms with E-state index in [-0.39, 0.29) is 37.5 Å². The van der Waals surface area contributed by atoms with Crippen molar-refractivity contribution in [3.8, 4) is 0 Å². The maximum absolute atomic E-state index is 13.7. The number of rotatable bonds is 4. The summed E-state index contributed by atoms with van der Waals surface area (Å²) in [6.45, 7) is 2.93. The zero-order valence-corrected chi connectivity index (χ0v) is 18.1. The van der Waals surface area contributed by atoms with Gasteiger partial charge in [0.2, 0.25) is 5.91 Å². The van der Waals surface area contributed by atoms with E-state index in [1.165, 1.54) is 4.90 Å². The summed E-state index contributed by atoms with van der Waals surface area (Å²) in [6.07, 6.45) is 5.21. The molecule has 1 aliphatic carbocycles. The molecule has 4 amide bonds. The lowest BCUT2D eigenvalue weighted by atomic mass is 9.80. The maximum Gasteiger partial charge on any atom is 0.314 e. The van der Waals surface area contributed by atoms with Crippen molar-refractivity contribution in [2.24, 2.45) is 11.7 Å². The fourth-order valence-electron chi connectivity index (χ4n) is 5.14. The molecule has 162 valence electrons. The Kier molecular flexibility index (Phi) is 5.66. The van der Waals surface area contributed by atoms with Gasteiger partial charge in [0, 0.05) is 17.6 Å². The van der Waals surface area contributed by atoms with Crippen LogP contribution >= 0.6 is 11.6 Å². The smallest absolute Gasteiger partial charge is 0.314 e. The third-order valence-electron chi connectivity index (χ3n) is 7.09. The molecule has 0 radical (unpaired) electrons. The predicted molar refractivity (Wildman–Crippen MR) is 114 cm³/mol. The highest BCUT2D eigenvalue weighted by Crippen LogP contribution is 2.38. The van der Waals surface area contributed by atoms with E-state index in [1.54, 1.807) is 21.9 Å². The second kappa shape index (κ2) is 8.10. The van der Waals surface area contributed by atoms with Crippen LogP contribution in [-0.2, 0) is 16.1 Å². The van der Waals surface area contributed by atoms with Gasteiger partial charge in [-0.1, -0.05) is 37.1 Å². The summed E-state index contributed by atoms with van der Waals surface area (Å²) in [6, 6.07) is 6.80. The van der Waals surface area contributed by atoms with Gasteiger partial charge >= 0.3 is 6.03 Å². The van der Waals surface area contributed by atoms with Crippen LogP contribution in [0, 0.1) is 5.92 Å². The van der Waals surface area contributed by atoms with Crippen LogP contribution in [0.1, 0.15) is 44.6 Å². The Hall–Kier alpha value is -2.28. The van der Waals surface area contributed by atoms with Crippen LogP contribution in [0.15, 0.2) is 24.3 Å². The number of carbonyl (C=O) groups is 3. The second-order valence-corrected chi connectivity index (χ2v) is 9.28. The van der Waals surface area contributed by atoms with Gasteiger partial charge < -0.3 is 20.4 Å². The number of hydrogen-bond donors (Lipinski definition) is 1. The summed E-state index contributed by atoms with van der Waals surface area (Å²) in [5.41, 5.74) is 5.31.